The van der Waals surface area contributed by atoms with Crippen molar-refractivity contribution >= 4 is 47.8 Å². The third kappa shape index (κ3) is 5.13. The largest absolute Gasteiger partial charge is 0.0919 e. The first kappa shape index (κ1) is 17.0. The van der Waals surface area contributed by atoms with E-state index >= 15 is 0 Å². The van der Waals surface area contributed by atoms with E-state index in [0.717, 1.165) is 16.0 Å². The van der Waals surface area contributed by atoms with Gasteiger partial charge in [-0.1, -0.05) is 98.1 Å². The van der Waals surface area contributed by atoms with Gasteiger partial charge in [-0.05, 0) is 18.4 Å². The van der Waals surface area contributed by atoms with Gasteiger partial charge in [0.15, 0.2) is 0 Å². The maximum atomic E-state index is 3.75. The van der Waals surface area contributed by atoms with Gasteiger partial charge in [0.25, 0.3) is 0 Å². The number of unbranched alkanes of at least 4 members (excludes halogenated alkanes) is 3. The summed E-state index contributed by atoms with van der Waals surface area (Å²) in [6.45, 7) is 2.27. The van der Waals surface area contributed by atoms with E-state index in [-0.39, 0.29) is 0 Å². The van der Waals surface area contributed by atoms with Crippen LogP contribution in [0.5, 0.6) is 0 Å². The fraction of sp³-hybridized carbons (Fsp3) is 0.733. The molecule has 0 N–H and O–H groups in total. The van der Waals surface area contributed by atoms with E-state index in [1.165, 1.54) is 49.7 Å². The number of halogens is 3. The number of allylic oxidation sites excluding steroid dienone is 4. The molecule has 104 valence electrons. The van der Waals surface area contributed by atoms with Gasteiger partial charge in [0.1, 0.15) is 0 Å². The van der Waals surface area contributed by atoms with E-state index in [1.807, 2.05) is 0 Å². The minimum atomic E-state index is 0.342. The molecule has 0 aliphatic heterocycles. The Morgan fingerprint density at radius 2 is 1.89 bits per heavy atom. The highest BCUT2D eigenvalue weighted by molar-refractivity contribution is 9.09. The Hall–Kier alpha value is 0.920. The molecule has 18 heavy (non-hydrogen) atoms. The Labute approximate surface area is 137 Å². The van der Waals surface area contributed by atoms with Crippen LogP contribution in [0.25, 0.3) is 0 Å². The summed E-state index contributed by atoms with van der Waals surface area (Å²) >= 11 is 11.0. The summed E-state index contributed by atoms with van der Waals surface area (Å²) in [7, 11) is 0. The zero-order chi connectivity index (χ0) is 13.4. The number of hydrogen-bond donors (Lipinski definition) is 0. The minimum absolute atomic E-state index is 0.342. The molecule has 0 saturated heterocycles. The second-order valence-corrected chi connectivity index (χ2v) is 6.95. The van der Waals surface area contributed by atoms with E-state index in [4.69, 9.17) is 0 Å². The van der Waals surface area contributed by atoms with E-state index in [1.54, 1.807) is 0 Å². The Bertz CT molecular complexity index is 307. The molecule has 0 saturated carbocycles. The topological polar surface area (TPSA) is 0 Å². The van der Waals surface area contributed by atoms with Crippen LogP contribution in [0, 0.1) is 5.41 Å². The van der Waals surface area contributed by atoms with Crippen molar-refractivity contribution in [1.29, 1.82) is 0 Å². The van der Waals surface area contributed by atoms with Crippen molar-refractivity contribution < 1.29 is 0 Å². The molecule has 1 aliphatic carbocycles. The maximum Gasteiger partial charge on any atom is 0.0280 e. The molecule has 0 nitrogen and oxygen atoms in total. The molecule has 0 heterocycles. The first-order valence-corrected chi connectivity index (χ1v) is 10.1. The van der Waals surface area contributed by atoms with E-state index in [0.29, 0.717) is 5.41 Å². The molecular formula is C15H23Br3. The lowest BCUT2D eigenvalue weighted by Gasteiger charge is -2.33. The van der Waals surface area contributed by atoms with Gasteiger partial charge in [-0.15, -0.1) is 0 Å². The van der Waals surface area contributed by atoms with Crippen LogP contribution >= 0.6 is 47.8 Å². The summed E-state index contributed by atoms with van der Waals surface area (Å²) in [5.41, 5.74) is 3.31. The quantitative estimate of drug-likeness (QED) is 0.302. The van der Waals surface area contributed by atoms with E-state index in [2.05, 4.69) is 66.9 Å². The fourth-order valence-corrected chi connectivity index (χ4v) is 3.96. The van der Waals surface area contributed by atoms with Gasteiger partial charge in [0, 0.05) is 21.4 Å². The molecule has 0 fully saturated rings. The van der Waals surface area contributed by atoms with Crippen molar-refractivity contribution in [2.24, 2.45) is 5.41 Å². The first-order valence-electron chi connectivity index (χ1n) is 6.78. The molecule has 0 spiro atoms. The summed E-state index contributed by atoms with van der Waals surface area (Å²) in [5, 5.41) is 3.04. The number of alkyl halides is 3. The molecule has 0 aromatic heterocycles. The molecule has 1 aliphatic rings. The van der Waals surface area contributed by atoms with Gasteiger partial charge in [-0.3, -0.25) is 0 Å². The van der Waals surface area contributed by atoms with E-state index in [9.17, 15) is 0 Å². The Morgan fingerprint density at radius 1 is 1.11 bits per heavy atom. The highest BCUT2D eigenvalue weighted by atomic mass is 79.9. The van der Waals surface area contributed by atoms with Crippen LogP contribution in [0.15, 0.2) is 23.3 Å². The van der Waals surface area contributed by atoms with Crippen molar-refractivity contribution in [3.05, 3.63) is 23.3 Å². The SMILES string of the molecule is CCCCCCC1(CBr)C=C(CBr)C=C(CBr)C1. The smallest absolute Gasteiger partial charge is 0.0280 e. The lowest BCUT2D eigenvalue weighted by molar-refractivity contribution is 0.373. The van der Waals surface area contributed by atoms with Crippen LogP contribution < -0.4 is 0 Å². The van der Waals surface area contributed by atoms with Gasteiger partial charge in [0.05, 0.1) is 0 Å². The molecule has 3 heteroatoms. The summed E-state index contributed by atoms with van der Waals surface area (Å²) in [6.07, 6.45) is 12.7. The average Bonchev–Trinajstić information content (AvgIpc) is 2.43. The molecule has 1 unspecified atom stereocenters. The zero-order valence-corrected chi connectivity index (χ0v) is 15.9. The number of rotatable bonds is 8. The van der Waals surface area contributed by atoms with Gasteiger partial charge in [0.2, 0.25) is 0 Å². The van der Waals surface area contributed by atoms with E-state index < -0.39 is 0 Å². The van der Waals surface area contributed by atoms with Crippen LogP contribution in [-0.4, -0.2) is 16.0 Å². The summed E-state index contributed by atoms with van der Waals surface area (Å²) < 4.78 is 0. The summed E-state index contributed by atoms with van der Waals surface area (Å²) in [6, 6.07) is 0. The molecule has 0 bridgehead atoms. The van der Waals surface area contributed by atoms with Crippen molar-refractivity contribution in [2.45, 2.75) is 45.4 Å². The Morgan fingerprint density at radius 3 is 2.44 bits per heavy atom. The zero-order valence-electron chi connectivity index (χ0n) is 11.2. The molecule has 0 aromatic carbocycles. The third-order valence-electron chi connectivity index (χ3n) is 3.58. The van der Waals surface area contributed by atoms with Crippen molar-refractivity contribution in [1.82, 2.24) is 0 Å². The number of hydrogen-bond acceptors (Lipinski definition) is 0. The van der Waals surface area contributed by atoms with Crippen molar-refractivity contribution in [3.63, 3.8) is 0 Å². The van der Waals surface area contributed by atoms with Gasteiger partial charge < -0.3 is 0 Å². The lowest BCUT2D eigenvalue weighted by atomic mass is 9.75. The summed E-state index contributed by atoms with van der Waals surface area (Å²) in [5.74, 6) is 0. The monoisotopic (exact) mass is 440 g/mol. The third-order valence-corrected chi connectivity index (χ3v) is 6.06. The Balaban J connectivity index is 2.68. The van der Waals surface area contributed by atoms with Gasteiger partial charge >= 0.3 is 0 Å². The average molecular weight is 443 g/mol. The molecule has 1 atom stereocenters. The maximum absolute atomic E-state index is 3.75. The fourth-order valence-electron chi connectivity index (χ4n) is 2.63. The first-order chi connectivity index (χ1) is 8.69. The second-order valence-electron chi connectivity index (χ2n) is 5.27. The predicted octanol–water partition coefficient (Wildman–Crippen LogP) is 6.38. The summed E-state index contributed by atoms with van der Waals surface area (Å²) in [4.78, 5) is 0. The predicted molar refractivity (Wildman–Crippen MR) is 93.4 cm³/mol. The molecular weight excluding hydrogens is 420 g/mol. The van der Waals surface area contributed by atoms with Crippen LogP contribution in [0.1, 0.15) is 45.4 Å². The second kappa shape index (κ2) is 8.97. The van der Waals surface area contributed by atoms with Crippen LogP contribution in [0.2, 0.25) is 0 Å². The molecule has 0 radical (unpaired) electrons. The minimum Gasteiger partial charge on any atom is -0.0919 e. The standard InChI is InChI=1S/C15H23Br3/c1-2-3-4-5-6-15(12-18)8-13(10-16)7-14(9-15)11-17/h7-8H,2-6,9-12H2,1H3. The molecule has 0 amide bonds. The van der Waals surface area contributed by atoms with Crippen LogP contribution in [0.3, 0.4) is 0 Å². The highest BCUT2D eigenvalue weighted by Gasteiger charge is 2.30. The van der Waals surface area contributed by atoms with Crippen LogP contribution in [-0.2, 0) is 0 Å². The van der Waals surface area contributed by atoms with Gasteiger partial charge in [-0.25, -0.2) is 0 Å². The Kier molecular flexibility index (Phi) is 8.45. The molecule has 0 aromatic rings. The van der Waals surface area contributed by atoms with Gasteiger partial charge in [-0.2, -0.15) is 0 Å². The molecule has 1 rings (SSSR count). The highest BCUT2D eigenvalue weighted by Crippen LogP contribution is 2.41. The lowest BCUT2D eigenvalue weighted by Crippen LogP contribution is -2.24. The van der Waals surface area contributed by atoms with Crippen molar-refractivity contribution in [2.75, 3.05) is 16.0 Å². The normalized spacial score (nSPS) is 23.8. The van der Waals surface area contributed by atoms with Crippen molar-refractivity contribution in [3.8, 4) is 0 Å². The van der Waals surface area contributed by atoms with Crippen LogP contribution in [0.4, 0.5) is 0 Å².